The predicted octanol–water partition coefficient (Wildman–Crippen LogP) is 5.36. The number of rotatable bonds is 5. The predicted molar refractivity (Wildman–Crippen MR) is 95.8 cm³/mol. The molecule has 1 heterocycles. The molecular formula is C18H14ClNO2S. The second kappa shape index (κ2) is 6.94. The molecule has 0 spiro atoms. The molecule has 23 heavy (non-hydrogen) atoms. The van der Waals surface area contributed by atoms with Crippen LogP contribution in [0.5, 0.6) is 0 Å². The van der Waals surface area contributed by atoms with E-state index in [1.165, 1.54) is 0 Å². The zero-order valence-corrected chi connectivity index (χ0v) is 13.8. The van der Waals surface area contributed by atoms with E-state index < -0.39 is 5.97 Å². The molecule has 0 unspecified atom stereocenters. The van der Waals surface area contributed by atoms with Crippen molar-refractivity contribution in [3.8, 4) is 0 Å². The fraction of sp³-hybridized carbons (Fsp3) is 0.111. The van der Waals surface area contributed by atoms with Crippen LogP contribution in [0.15, 0.2) is 48.5 Å². The van der Waals surface area contributed by atoms with Crippen molar-refractivity contribution in [2.75, 3.05) is 0 Å². The third kappa shape index (κ3) is 3.78. The summed E-state index contributed by atoms with van der Waals surface area (Å²) in [6.45, 7) is 0. The number of aromatic nitrogens is 1. The number of aliphatic carboxylic acids is 1. The summed E-state index contributed by atoms with van der Waals surface area (Å²) in [6.07, 6.45) is 2.41. The summed E-state index contributed by atoms with van der Waals surface area (Å²) in [6, 6.07) is 15.4. The zero-order valence-electron chi connectivity index (χ0n) is 12.2. The maximum atomic E-state index is 11.0. The number of fused-ring (bicyclic) bond motifs is 1. The zero-order chi connectivity index (χ0) is 16.2. The number of carboxylic acids is 1. The first-order valence-electron chi connectivity index (χ1n) is 7.16. The minimum Gasteiger partial charge on any atom is -0.481 e. The molecule has 1 N–H and O–H groups in total. The monoisotopic (exact) mass is 343 g/mol. The van der Waals surface area contributed by atoms with E-state index in [9.17, 15) is 4.79 Å². The average Bonchev–Trinajstić information content (AvgIpc) is 2.96. The van der Waals surface area contributed by atoms with Crippen molar-refractivity contribution in [2.45, 2.75) is 12.8 Å². The second-order valence-electron chi connectivity index (χ2n) is 5.07. The molecular weight excluding hydrogens is 330 g/mol. The molecule has 0 aliphatic rings. The van der Waals surface area contributed by atoms with E-state index in [2.05, 4.69) is 4.98 Å². The van der Waals surface area contributed by atoms with Crippen LogP contribution in [0, 0.1) is 0 Å². The Morgan fingerprint density at radius 2 is 1.87 bits per heavy atom. The number of carbonyl (C=O) groups is 1. The number of benzene rings is 2. The first kappa shape index (κ1) is 15.7. The molecule has 0 saturated carbocycles. The Morgan fingerprint density at radius 1 is 1.13 bits per heavy atom. The highest BCUT2D eigenvalue weighted by Crippen LogP contribution is 2.32. The van der Waals surface area contributed by atoms with Crippen LogP contribution in [-0.4, -0.2) is 16.1 Å². The molecule has 116 valence electrons. The standard InChI is InChI=1S/C18H14ClNO2S/c19-14-6-2-1-5-12(14)11-13(9-10-17(21)22)18-20-15-7-3-4-8-16(15)23-18/h1-8,11H,9-10H2,(H,21,22)/b13-11-. The molecule has 1 aromatic heterocycles. The molecule has 3 aromatic rings. The Morgan fingerprint density at radius 3 is 2.61 bits per heavy atom. The lowest BCUT2D eigenvalue weighted by molar-refractivity contribution is -0.136. The molecule has 0 radical (unpaired) electrons. The Kier molecular flexibility index (Phi) is 4.74. The van der Waals surface area contributed by atoms with Crippen LogP contribution in [0.2, 0.25) is 5.02 Å². The highest BCUT2D eigenvalue weighted by Gasteiger charge is 2.11. The fourth-order valence-corrected chi connectivity index (χ4v) is 3.47. The Hall–Kier alpha value is -2.17. The summed E-state index contributed by atoms with van der Waals surface area (Å²) in [5.41, 5.74) is 2.68. The van der Waals surface area contributed by atoms with Gasteiger partial charge in [-0.1, -0.05) is 41.9 Å². The molecule has 2 aromatic carbocycles. The summed E-state index contributed by atoms with van der Waals surface area (Å²) < 4.78 is 1.09. The number of carboxylic acid groups (broad SMARTS) is 1. The summed E-state index contributed by atoms with van der Waals surface area (Å²) >= 11 is 7.79. The van der Waals surface area contributed by atoms with Crippen molar-refractivity contribution >= 4 is 50.8 Å². The SMILES string of the molecule is O=C(O)CC/C(=C/c1ccccc1Cl)c1nc2ccccc2s1. The van der Waals surface area contributed by atoms with Crippen LogP contribution in [0.25, 0.3) is 21.9 Å². The molecule has 0 aliphatic heterocycles. The number of allylic oxidation sites excluding steroid dienone is 1. The number of nitrogens with zero attached hydrogens (tertiary/aromatic N) is 1. The lowest BCUT2D eigenvalue weighted by Gasteiger charge is -2.04. The van der Waals surface area contributed by atoms with E-state index in [1.54, 1.807) is 11.3 Å². The van der Waals surface area contributed by atoms with E-state index in [0.717, 1.165) is 26.4 Å². The van der Waals surface area contributed by atoms with Gasteiger partial charge in [0, 0.05) is 11.4 Å². The van der Waals surface area contributed by atoms with Gasteiger partial charge in [0.1, 0.15) is 5.01 Å². The van der Waals surface area contributed by atoms with Gasteiger partial charge in [0.25, 0.3) is 0 Å². The second-order valence-corrected chi connectivity index (χ2v) is 6.51. The lowest BCUT2D eigenvalue weighted by atomic mass is 10.1. The van der Waals surface area contributed by atoms with Crippen LogP contribution < -0.4 is 0 Å². The Balaban J connectivity index is 2.04. The summed E-state index contributed by atoms with van der Waals surface area (Å²) in [4.78, 5) is 15.6. The van der Waals surface area contributed by atoms with E-state index >= 15 is 0 Å². The van der Waals surface area contributed by atoms with Crippen molar-refractivity contribution in [3.05, 3.63) is 64.1 Å². The van der Waals surface area contributed by atoms with Crippen molar-refractivity contribution in [1.29, 1.82) is 0 Å². The quantitative estimate of drug-likeness (QED) is 0.678. The van der Waals surface area contributed by atoms with Gasteiger partial charge in [-0.2, -0.15) is 0 Å². The smallest absolute Gasteiger partial charge is 0.303 e. The van der Waals surface area contributed by atoms with Gasteiger partial charge in [-0.3, -0.25) is 4.79 Å². The normalized spacial score (nSPS) is 11.8. The van der Waals surface area contributed by atoms with Gasteiger partial charge in [0.05, 0.1) is 10.2 Å². The number of para-hydroxylation sites is 1. The van der Waals surface area contributed by atoms with Gasteiger partial charge in [-0.15, -0.1) is 11.3 Å². The van der Waals surface area contributed by atoms with Gasteiger partial charge < -0.3 is 5.11 Å². The Bertz CT molecular complexity index is 852. The first-order chi connectivity index (χ1) is 11.1. The van der Waals surface area contributed by atoms with Gasteiger partial charge in [-0.25, -0.2) is 4.98 Å². The van der Waals surface area contributed by atoms with Gasteiger partial charge in [0.15, 0.2) is 0 Å². The van der Waals surface area contributed by atoms with Gasteiger partial charge in [0.2, 0.25) is 0 Å². The van der Waals surface area contributed by atoms with Gasteiger partial charge >= 0.3 is 5.97 Å². The number of hydrogen-bond acceptors (Lipinski definition) is 3. The van der Waals surface area contributed by atoms with Crippen LogP contribution in [0.1, 0.15) is 23.4 Å². The fourth-order valence-electron chi connectivity index (χ4n) is 2.27. The van der Waals surface area contributed by atoms with Crippen molar-refractivity contribution in [1.82, 2.24) is 4.98 Å². The number of thiazole rings is 1. The van der Waals surface area contributed by atoms with Crippen molar-refractivity contribution in [3.63, 3.8) is 0 Å². The average molecular weight is 344 g/mol. The molecule has 3 nitrogen and oxygen atoms in total. The molecule has 3 rings (SSSR count). The van der Waals surface area contributed by atoms with Crippen LogP contribution >= 0.6 is 22.9 Å². The molecule has 5 heteroatoms. The van der Waals surface area contributed by atoms with Crippen molar-refractivity contribution < 1.29 is 9.90 Å². The molecule has 0 amide bonds. The molecule has 0 fully saturated rings. The molecule has 0 saturated heterocycles. The number of hydrogen-bond donors (Lipinski definition) is 1. The van der Waals surface area contributed by atoms with E-state index in [4.69, 9.17) is 16.7 Å². The van der Waals surface area contributed by atoms with Crippen LogP contribution in [0.3, 0.4) is 0 Å². The minimum absolute atomic E-state index is 0.0617. The first-order valence-corrected chi connectivity index (χ1v) is 8.36. The lowest BCUT2D eigenvalue weighted by Crippen LogP contribution is -1.95. The van der Waals surface area contributed by atoms with E-state index in [-0.39, 0.29) is 6.42 Å². The van der Waals surface area contributed by atoms with E-state index in [1.807, 2.05) is 54.6 Å². The van der Waals surface area contributed by atoms with Crippen LogP contribution in [-0.2, 0) is 4.79 Å². The maximum Gasteiger partial charge on any atom is 0.303 e. The Labute approximate surface area is 142 Å². The molecule has 0 atom stereocenters. The summed E-state index contributed by atoms with van der Waals surface area (Å²) in [7, 11) is 0. The highest BCUT2D eigenvalue weighted by molar-refractivity contribution is 7.19. The molecule has 0 aliphatic carbocycles. The maximum absolute atomic E-state index is 11.0. The van der Waals surface area contributed by atoms with Crippen molar-refractivity contribution in [2.24, 2.45) is 0 Å². The number of halogens is 1. The van der Waals surface area contributed by atoms with Gasteiger partial charge in [-0.05, 0) is 41.8 Å². The third-order valence-electron chi connectivity index (χ3n) is 3.41. The summed E-state index contributed by atoms with van der Waals surface area (Å²) in [5.74, 6) is -0.823. The largest absolute Gasteiger partial charge is 0.481 e. The highest BCUT2D eigenvalue weighted by atomic mass is 35.5. The minimum atomic E-state index is -0.823. The summed E-state index contributed by atoms with van der Waals surface area (Å²) in [5, 5.41) is 10.5. The molecule has 0 bridgehead atoms. The van der Waals surface area contributed by atoms with E-state index in [0.29, 0.717) is 11.4 Å². The van der Waals surface area contributed by atoms with Crippen LogP contribution in [0.4, 0.5) is 0 Å². The topological polar surface area (TPSA) is 50.2 Å². The third-order valence-corrected chi connectivity index (χ3v) is 4.87.